The minimum Gasteiger partial charge on any atom is -0.378 e. The molecule has 2 fully saturated rings. The maximum Gasteiger partial charge on any atom is 0.225 e. The van der Waals surface area contributed by atoms with Crippen LogP contribution in [0.1, 0.15) is 12.8 Å². The van der Waals surface area contributed by atoms with E-state index in [9.17, 15) is 13.6 Å². The third-order valence-corrected chi connectivity index (χ3v) is 6.18. The second-order valence-electron chi connectivity index (χ2n) is 8.11. The van der Waals surface area contributed by atoms with Gasteiger partial charge in [-0.2, -0.15) is 0 Å². The number of aromatic nitrogens is 2. The molecule has 5 rings (SSSR count). The number of fused-ring (bicyclic) bond motifs is 1. The molecule has 6 nitrogen and oxygen atoms in total. The molecule has 0 radical (unpaired) electrons. The summed E-state index contributed by atoms with van der Waals surface area (Å²) < 4.78 is 33.4. The summed E-state index contributed by atoms with van der Waals surface area (Å²) in [7, 11) is 0. The number of rotatable bonds is 3. The van der Waals surface area contributed by atoms with Crippen LogP contribution < -0.4 is 4.90 Å². The number of amides is 1. The molecule has 0 atom stereocenters. The summed E-state index contributed by atoms with van der Waals surface area (Å²) in [6.45, 7) is 4.02. The van der Waals surface area contributed by atoms with Crippen molar-refractivity contribution in [3.8, 4) is 11.4 Å². The summed E-state index contributed by atoms with van der Waals surface area (Å²) in [6, 6.07) is 9.22. The zero-order valence-corrected chi connectivity index (χ0v) is 17.1. The summed E-state index contributed by atoms with van der Waals surface area (Å²) in [5.41, 5.74) is 2.35. The molecule has 8 heteroatoms. The number of H-pyrrole nitrogens is 1. The van der Waals surface area contributed by atoms with Gasteiger partial charge in [-0.15, -0.1) is 0 Å². The lowest BCUT2D eigenvalue weighted by molar-refractivity contribution is -0.140. The molecular weight excluding hydrogens is 402 g/mol. The molecule has 0 saturated carbocycles. The molecule has 1 amide bonds. The molecule has 2 saturated heterocycles. The van der Waals surface area contributed by atoms with Gasteiger partial charge in [0.15, 0.2) is 0 Å². The van der Waals surface area contributed by atoms with Crippen molar-refractivity contribution in [2.45, 2.75) is 12.8 Å². The summed E-state index contributed by atoms with van der Waals surface area (Å²) in [5.74, 6) is -0.138. The van der Waals surface area contributed by atoms with Gasteiger partial charge in [0.2, 0.25) is 5.91 Å². The average Bonchev–Trinajstić information content (AvgIpc) is 3.22. The fraction of sp³-hybridized carbons (Fsp3) is 0.391. The number of hydrogen-bond donors (Lipinski definition) is 1. The third kappa shape index (κ3) is 3.99. The molecule has 0 unspecified atom stereocenters. The second-order valence-corrected chi connectivity index (χ2v) is 8.11. The van der Waals surface area contributed by atoms with Crippen molar-refractivity contribution in [3.63, 3.8) is 0 Å². The fourth-order valence-corrected chi connectivity index (χ4v) is 4.43. The van der Waals surface area contributed by atoms with E-state index in [0.717, 1.165) is 31.6 Å². The van der Waals surface area contributed by atoms with Crippen molar-refractivity contribution in [2.24, 2.45) is 5.92 Å². The Morgan fingerprint density at radius 2 is 1.81 bits per heavy atom. The van der Waals surface area contributed by atoms with Gasteiger partial charge in [-0.25, -0.2) is 13.8 Å². The van der Waals surface area contributed by atoms with Crippen molar-refractivity contribution in [1.82, 2.24) is 14.9 Å². The smallest absolute Gasteiger partial charge is 0.225 e. The van der Waals surface area contributed by atoms with E-state index in [2.05, 4.69) is 14.9 Å². The van der Waals surface area contributed by atoms with E-state index in [4.69, 9.17) is 4.74 Å². The maximum atomic E-state index is 14.6. The first kappa shape index (κ1) is 19.9. The molecule has 2 aliphatic rings. The monoisotopic (exact) mass is 426 g/mol. The number of piperidine rings is 1. The number of carbonyl (C=O) groups is 1. The molecule has 2 aromatic carbocycles. The Labute approximate surface area is 178 Å². The minimum absolute atomic E-state index is 0.0274. The molecule has 162 valence electrons. The van der Waals surface area contributed by atoms with Crippen molar-refractivity contribution >= 4 is 22.6 Å². The number of aromatic amines is 1. The van der Waals surface area contributed by atoms with E-state index < -0.39 is 0 Å². The van der Waals surface area contributed by atoms with Crippen molar-refractivity contribution in [3.05, 3.63) is 48.0 Å². The van der Waals surface area contributed by atoms with Crippen LogP contribution in [0.15, 0.2) is 36.4 Å². The fourth-order valence-electron chi connectivity index (χ4n) is 4.43. The molecule has 0 spiro atoms. The highest BCUT2D eigenvalue weighted by atomic mass is 19.1. The van der Waals surface area contributed by atoms with Gasteiger partial charge in [-0.1, -0.05) is 0 Å². The number of halogens is 2. The number of benzene rings is 2. The summed E-state index contributed by atoms with van der Waals surface area (Å²) in [5, 5.41) is 0. The highest BCUT2D eigenvalue weighted by molar-refractivity contribution is 5.81. The van der Waals surface area contributed by atoms with Crippen LogP contribution in [0.2, 0.25) is 0 Å². The number of ether oxygens (including phenoxy) is 1. The molecule has 0 bridgehead atoms. The summed E-state index contributed by atoms with van der Waals surface area (Å²) in [4.78, 5) is 24.3. The number of anilines is 1. The van der Waals surface area contributed by atoms with Crippen molar-refractivity contribution in [2.75, 3.05) is 44.3 Å². The molecule has 0 aliphatic carbocycles. The number of carbonyl (C=O) groups excluding carboxylic acids is 1. The Kier molecular flexibility index (Phi) is 5.31. The lowest BCUT2D eigenvalue weighted by Crippen LogP contribution is -2.46. The van der Waals surface area contributed by atoms with Crippen LogP contribution in [0.5, 0.6) is 0 Å². The Morgan fingerprint density at radius 3 is 2.58 bits per heavy atom. The zero-order valence-electron chi connectivity index (χ0n) is 17.1. The number of morpholine rings is 1. The Morgan fingerprint density at radius 1 is 1.03 bits per heavy atom. The van der Waals surface area contributed by atoms with E-state index in [1.54, 1.807) is 18.2 Å². The molecule has 3 aromatic rings. The van der Waals surface area contributed by atoms with Crippen LogP contribution in [0.25, 0.3) is 22.4 Å². The van der Waals surface area contributed by atoms with Gasteiger partial charge in [0.25, 0.3) is 0 Å². The predicted octanol–water partition coefficient (Wildman–Crippen LogP) is 3.58. The molecular formula is C23H24F2N4O2. The first-order chi connectivity index (χ1) is 15.1. The van der Waals surface area contributed by atoms with Crippen LogP contribution in [-0.2, 0) is 9.53 Å². The van der Waals surface area contributed by atoms with E-state index in [1.165, 1.54) is 18.2 Å². The van der Waals surface area contributed by atoms with Gasteiger partial charge >= 0.3 is 0 Å². The molecule has 1 aromatic heterocycles. The van der Waals surface area contributed by atoms with Crippen LogP contribution >= 0.6 is 0 Å². The lowest BCUT2D eigenvalue weighted by Gasteiger charge is -2.36. The maximum absolute atomic E-state index is 14.6. The second kappa shape index (κ2) is 8.26. The largest absolute Gasteiger partial charge is 0.378 e. The topological polar surface area (TPSA) is 61.5 Å². The van der Waals surface area contributed by atoms with Gasteiger partial charge < -0.3 is 19.5 Å². The van der Waals surface area contributed by atoms with Crippen molar-refractivity contribution in [1.29, 1.82) is 0 Å². The first-order valence-electron chi connectivity index (χ1n) is 10.7. The highest BCUT2D eigenvalue weighted by Gasteiger charge is 2.29. The van der Waals surface area contributed by atoms with Gasteiger partial charge in [-0.05, 0) is 49.2 Å². The number of nitrogens with zero attached hydrogens (tertiary/aromatic N) is 3. The van der Waals surface area contributed by atoms with Crippen molar-refractivity contribution < 1.29 is 18.3 Å². The lowest BCUT2D eigenvalue weighted by atomic mass is 9.94. The molecule has 2 aliphatic heterocycles. The Hall–Kier alpha value is -3.00. The summed E-state index contributed by atoms with van der Waals surface area (Å²) >= 11 is 0. The first-order valence-corrected chi connectivity index (χ1v) is 10.7. The zero-order chi connectivity index (χ0) is 21.4. The average molecular weight is 426 g/mol. The Balaban J connectivity index is 1.32. The van der Waals surface area contributed by atoms with Crippen LogP contribution in [0.4, 0.5) is 14.5 Å². The molecule has 1 N–H and O–H groups in total. The Bertz CT molecular complexity index is 1100. The number of nitrogens with one attached hydrogen (secondary N) is 1. The minimum atomic E-state index is -0.388. The van der Waals surface area contributed by atoms with E-state index >= 15 is 0 Å². The van der Waals surface area contributed by atoms with Gasteiger partial charge in [0, 0.05) is 37.8 Å². The molecule has 3 heterocycles. The van der Waals surface area contributed by atoms with E-state index in [-0.39, 0.29) is 23.5 Å². The van der Waals surface area contributed by atoms with Crippen LogP contribution in [0, 0.1) is 17.6 Å². The number of imidazole rings is 1. The van der Waals surface area contributed by atoms with E-state index in [1.807, 2.05) is 4.90 Å². The van der Waals surface area contributed by atoms with E-state index in [0.29, 0.717) is 48.7 Å². The highest BCUT2D eigenvalue weighted by Crippen LogP contribution is 2.30. The third-order valence-electron chi connectivity index (χ3n) is 6.18. The standard InChI is InChI=1S/C23H24F2N4O2/c24-16-1-4-20-21(13-16)27-22(26-20)18-14-17(2-3-19(18)25)28-7-5-15(6-8-28)23(30)29-9-11-31-12-10-29/h1-4,13-15H,5-12H2,(H,26,27). The SMILES string of the molecule is O=C(C1CCN(c2ccc(F)c(-c3nc4ccc(F)cc4[nH]3)c2)CC1)N1CCOCC1. The number of hydrogen-bond acceptors (Lipinski definition) is 4. The van der Waals surface area contributed by atoms with Gasteiger partial charge in [0.05, 0.1) is 29.8 Å². The predicted molar refractivity (Wildman–Crippen MR) is 114 cm³/mol. The normalized spacial score (nSPS) is 18.0. The van der Waals surface area contributed by atoms with Gasteiger partial charge in [-0.3, -0.25) is 4.79 Å². The van der Waals surface area contributed by atoms with Gasteiger partial charge in [0.1, 0.15) is 17.5 Å². The molecule has 31 heavy (non-hydrogen) atoms. The van der Waals surface area contributed by atoms with Crippen LogP contribution in [-0.4, -0.2) is 60.2 Å². The van der Waals surface area contributed by atoms with Crippen LogP contribution in [0.3, 0.4) is 0 Å². The summed E-state index contributed by atoms with van der Waals surface area (Å²) in [6.07, 6.45) is 1.54. The quantitative estimate of drug-likeness (QED) is 0.696.